The van der Waals surface area contributed by atoms with Crippen molar-refractivity contribution in [2.24, 2.45) is 0 Å². The molecular formula is C19H15F2N3O3. The number of nitrogens with one attached hydrogen (secondary N) is 3. The third-order valence-corrected chi connectivity index (χ3v) is 4.39. The highest BCUT2D eigenvalue weighted by atomic mass is 19.2. The van der Waals surface area contributed by atoms with E-state index in [4.69, 9.17) is 4.74 Å². The second kappa shape index (κ2) is 6.71. The number of hydrogen-bond donors (Lipinski definition) is 3. The first kappa shape index (κ1) is 17.0. The van der Waals surface area contributed by atoms with Crippen molar-refractivity contribution < 1.29 is 23.1 Å². The number of aromatic amines is 1. The van der Waals surface area contributed by atoms with E-state index in [2.05, 4.69) is 15.6 Å². The van der Waals surface area contributed by atoms with Gasteiger partial charge in [-0.25, -0.2) is 8.78 Å². The monoisotopic (exact) mass is 371 g/mol. The highest BCUT2D eigenvalue weighted by Crippen LogP contribution is 2.26. The summed E-state index contributed by atoms with van der Waals surface area (Å²) in [6, 6.07) is 9.08. The molecule has 8 heteroatoms. The first-order chi connectivity index (χ1) is 13.0. The predicted molar refractivity (Wildman–Crippen MR) is 94.4 cm³/mol. The summed E-state index contributed by atoms with van der Waals surface area (Å²) in [5.41, 5.74) is 1.44. The van der Waals surface area contributed by atoms with Gasteiger partial charge in [-0.3, -0.25) is 9.59 Å². The summed E-state index contributed by atoms with van der Waals surface area (Å²) in [6.07, 6.45) is 1.92. The summed E-state index contributed by atoms with van der Waals surface area (Å²) in [7, 11) is 0. The minimum absolute atomic E-state index is 0.189. The molecule has 4 rings (SSSR count). The Balaban J connectivity index is 1.43. The number of H-pyrrole nitrogens is 1. The molecule has 1 atom stereocenters. The highest BCUT2D eigenvalue weighted by molar-refractivity contribution is 6.40. The van der Waals surface area contributed by atoms with Gasteiger partial charge in [-0.1, -0.05) is 18.2 Å². The summed E-state index contributed by atoms with van der Waals surface area (Å²) in [6.45, 7) is 0.258. The van der Waals surface area contributed by atoms with Crippen LogP contribution in [0.15, 0.2) is 42.6 Å². The number of rotatable bonds is 2. The standard InChI is InChI=1S/C19H15F2N3O3/c20-13-6-12-15(7-14(13)21)22-8-16(12)24-19(26)18(25)23-11-5-10-3-1-2-4-17(10)27-9-11/h1-4,6-8,11,22H,5,9H2,(H,23,25)(H,24,26). The van der Waals surface area contributed by atoms with E-state index >= 15 is 0 Å². The van der Waals surface area contributed by atoms with Gasteiger partial charge in [-0.2, -0.15) is 0 Å². The van der Waals surface area contributed by atoms with Gasteiger partial charge >= 0.3 is 11.8 Å². The minimum Gasteiger partial charge on any atom is -0.491 e. The van der Waals surface area contributed by atoms with Gasteiger partial charge in [-0.15, -0.1) is 0 Å². The molecular weight excluding hydrogens is 356 g/mol. The molecule has 0 bridgehead atoms. The van der Waals surface area contributed by atoms with Crippen LogP contribution in [0.4, 0.5) is 14.5 Å². The van der Waals surface area contributed by atoms with Gasteiger partial charge in [0, 0.05) is 17.6 Å². The number of carbonyl (C=O) groups is 2. The zero-order valence-electron chi connectivity index (χ0n) is 14.0. The summed E-state index contributed by atoms with van der Waals surface area (Å²) in [4.78, 5) is 27.1. The Kier molecular flexibility index (Phi) is 4.23. The number of para-hydroxylation sites is 1. The first-order valence-electron chi connectivity index (χ1n) is 8.30. The van der Waals surface area contributed by atoms with Crippen molar-refractivity contribution in [3.05, 3.63) is 59.8 Å². The topological polar surface area (TPSA) is 83.2 Å². The lowest BCUT2D eigenvalue weighted by molar-refractivity contribution is -0.136. The summed E-state index contributed by atoms with van der Waals surface area (Å²) < 4.78 is 32.3. The third kappa shape index (κ3) is 3.33. The van der Waals surface area contributed by atoms with Crippen molar-refractivity contribution in [3.8, 4) is 5.75 Å². The van der Waals surface area contributed by atoms with Crippen molar-refractivity contribution in [1.82, 2.24) is 10.3 Å². The lowest BCUT2D eigenvalue weighted by Gasteiger charge is -2.25. The molecule has 0 saturated heterocycles. The van der Waals surface area contributed by atoms with E-state index in [1.807, 2.05) is 24.3 Å². The normalized spacial score (nSPS) is 15.7. The van der Waals surface area contributed by atoms with E-state index in [-0.39, 0.29) is 23.7 Å². The molecule has 1 aliphatic heterocycles. The molecule has 0 saturated carbocycles. The number of amides is 2. The molecule has 2 amide bonds. The molecule has 1 aliphatic rings. The van der Waals surface area contributed by atoms with Crippen LogP contribution in [0.25, 0.3) is 10.9 Å². The predicted octanol–water partition coefficient (Wildman–Crippen LogP) is 2.50. The Hall–Kier alpha value is -3.42. The number of halogens is 2. The van der Waals surface area contributed by atoms with Crippen LogP contribution in [0.1, 0.15) is 5.56 Å². The Morgan fingerprint density at radius 2 is 1.89 bits per heavy atom. The van der Waals surface area contributed by atoms with E-state index in [1.54, 1.807) is 0 Å². The van der Waals surface area contributed by atoms with Crippen LogP contribution < -0.4 is 15.4 Å². The van der Waals surface area contributed by atoms with Gasteiger partial charge in [0.1, 0.15) is 12.4 Å². The fraction of sp³-hybridized carbons (Fsp3) is 0.158. The zero-order chi connectivity index (χ0) is 19.0. The van der Waals surface area contributed by atoms with E-state index in [1.165, 1.54) is 6.20 Å². The van der Waals surface area contributed by atoms with Gasteiger partial charge < -0.3 is 20.4 Å². The van der Waals surface area contributed by atoms with E-state index < -0.39 is 23.4 Å². The van der Waals surface area contributed by atoms with Crippen LogP contribution in [-0.2, 0) is 16.0 Å². The largest absolute Gasteiger partial charge is 0.491 e. The van der Waals surface area contributed by atoms with Crippen LogP contribution in [0, 0.1) is 11.6 Å². The van der Waals surface area contributed by atoms with Crippen molar-refractivity contribution in [2.75, 3.05) is 11.9 Å². The van der Waals surface area contributed by atoms with Crippen LogP contribution in [0.5, 0.6) is 5.75 Å². The Morgan fingerprint density at radius 1 is 1.11 bits per heavy atom. The number of anilines is 1. The molecule has 1 aromatic heterocycles. The molecule has 0 radical (unpaired) electrons. The molecule has 2 heterocycles. The molecule has 138 valence electrons. The van der Waals surface area contributed by atoms with Gasteiger partial charge in [0.2, 0.25) is 0 Å². The van der Waals surface area contributed by atoms with E-state index in [0.717, 1.165) is 23.4 Å². The van der Waals surface area contributed by atoms with E-state index in [9.17, 15) is 18.4 Å². The molecule has 27 heavy (non-hydrogen) atoms. The number of benzene rings is 2. The average molecular weight is 371 g/mol. The number of hydrogen-bond acceptors (Lipinski definition) is 3. The van der Waals surface area contributed by atoms with Gasteiger partial charge in [0.15, 0.2) is 11.6 Å². The molecule has 3 N–H and O–H groups in total. The summed E-state index contributed by atoms with van der Waals surface area (Å²) in [5.74, 6) is -3.02. The van der Waals surface area contributed by atoms with Gasteiger partial charge in [0.25, 0.3) is 0 Å². The van der Waals surface area contributed by atoms with Gasteiger partial charge in [-0.05, 0) is 24.1 Å². The van der Waals surface area contributed by atoms with Crippen molar-refractivity contribution in [3.63, 3.8) is 0 Å². The van der Waals surface area contributed by atoms with Crippen LogP contribution >= 0.6 is 0 Å². The lowest BCUT2D eigenvalue weighted by atomic mass is 10.0. The molecule has 2 aromatic carbocycles. The number of carbonyl (C=O) groups excluding carboxylic acids is 2. The molecule has 1 unspecified atom stereocenters. The highest BCUT2D eigenvalue weighted by Gasteiger charge is 2.24. The zero-order valence-corrected chi connectivity index (χ0v) is 14.0. The fourth-order valence-electron chi connectivity index (χ4n) is 3.07. The molecule has 0 aliphatic carbocycles. The Labute approximate surface area is 152 Å². The second-order valence-corrected chi connectivity index (χ2v) is 6.26. The molecule has 3 aromatic rings. The molecule has 6 nitrogen and oxygen atoms in total. The number of aromatic nitrogens is 1. The first-order valence-corrected chi connectivity index (χ1v) is 8.30. The Bertz CT molecular complexity index is 1050. The summed E-state index contributed by atoms with van der Waals surface area (Å²) >= 11 is 0. The maximum absolute atomic E-state index is 13.4. The van der Waals surface area contributed by atoms with Gasteiger partial charge in [0.05, 0.1) is 17.2 Å². The number of ether oxygens (including phenoxy) is 1. The quantitative estimate of drug-likeness (QED) is 0.606. The summed E-state index contributed by atoms with van der Waals surface area (Å²) in [5, 5.41) is 5.30. The van der Waals surface area contributed by atoms with Crippen LogP contribution in [0.3, 0.4) is 0 Å². The SMILES string of the molecule is O=C(Nc1c[nH]c2cc(F)c(F)cc12)C(=O)NC1COc2ccccc2C1. The Morgan fingerprint density at radius 3 is 2.74 bits per heavy atom. The van der Waals surface area contributed by atoms with Crippen LogP contribution in [0.2, 0.25) is 0 Å². The van der Waals surface area contributed by atoms with Crippen LogP contribution in [-0.4, -0.2) is 29.4 Å². The average Bonchev–Trinajstić information content (AvgIpc) is 3.03. The van der Waals surface area contributed by atoms with E-state index in [0.29, 0.717) is 11.9 Å². The second-order valence-electron chi connectivity index (χ2n) is 6.26. The van der Waals surface area contributed by atoms with Crippen molar-refractivity contribution >= 4 is 28.4 Å². The smallest absolute Gasteiger partial charge is 0.313 e. The van der Waals surface area contributed by atoms with Crippen molar-refractivity contribution in [1.29, 1.82) is 0 Å². The maximum atomic E-state index is 13.4. The molecule has 0 spiro atoms. The maximum Gasteiger partial charge on any atom is 0.313 e. The minimum atomic E-state index is -1.04. The number of fused-ring (bicyclic) bond motifs is 2. The third-order valence-electron chi connectivity index (χ3n) is 4.39. The van der Waals surface area contributed by atoms with Crippen molar-refractivity contribution in [2.45, 2.75) is 12.5 Å². The fourth-order valence-corrected chi connectivity index (χ4v) is 3.07. The molecule has 0 fully saturated rings. The lowest BCUT2D eigenvalue weighted by Crippen LogP contribution is -2.46.